The zero-order valence-electron chi connectivity index (χ0n) is 18.8. The largest absolute Gasteiger partial charge is 0.508 e. The number of phenolic OH excluding ortho intramolecular Hbond substituents is 1. The van der Waals surface area contributed by atoms with Crippen molar-refractivity contribution in [3.8, 4) is 5.75 Å². The lowest BCUT2D eigenvalue weighted by Gasteiger charge is -2.30. The summed E-state index contributed by atoms with van der Waals surface area (Å²) in [5, 5.41) is 18.4. The molecule has 170 valence electrons. The molecule has 0 atom stereocenters. The third-order valence-electron chi connectivity index (χ3n) is 6.34. The number of rotatable bonds is 8. The molecule has 1 heterocycles. The number of hydrogen-bond donors (Lipinski definition) is 3. The molecule has 7 heteroatoms. The summed E-state index contributed by atoms with van der Waals surface area (Å²) in [6, 6.07) is 14.8. The minimum atomic E-state index is 0.333. The topological polar surface area (TPSA) is 73.3 Å². The minimum Gasteiger partial charge on any atom is -0.508 e. The number of para-hydroxylation sites is 1. The molecule has 1 fully saturated rings. The van der Waals surface area contributed by atoms with Crippen LogP contribution in [0.4, 0.5) is 11.8 Å². The minimum absolute atomic E-state index is 0.333. The molecule has 3 N–H and O–H groups in total. The average Bonchev–Trinajstić information content (AvgIpc) is 2.80. The molecule has 1 aliphatic carbocycles. The molecule has 0 unspecified atom stereocenters. The van der Waals surface area contributed by atoms with Crippen LogP contribution in [0.3, 0.4) is 0 Å². The van der Waals surface area contributed by atoms with Crippen molar-refractivity contribution in [1.29, 1.82) is 0 Å². The summed E-state index contributed by atoms with van der Waals surface area (Å²) in [7, 11) is 0. The third-order valence-corrected chi connectivity index (χ3v) is 6.83. The van der Waals surface area contributed by atoms with Gasteiger partial charge in [0.2, 0.25) is 5.95 Å². The van der Waals surface area contributed by atoms with Crippen molar-refractivity contribution in [1.82, 2.24) is 15.3 Å². The molecule has 4 rings (SSSR count). The first kappa shape index (κ1) is 22.8. The van der Waals surface area contributed by atoms with E-state index in [9.17, 15) is 5.11 Å². The van der Waals surface area contributed by atoms with E-state index in [1.807, 2.05) is 24.3 Å². The second-order valence-electron chi connectivity index (χ2n) is 8.41. The Hall–Kier alpha value is -2.38. The normalized spacial score (nSPS) is 18.6. The predicted molar refractivity (Wildman–Crippen MR) is 135 cm³/mol. The molecule has 0 spiro atoms. The molecule has 1 aliphatic rings. The van der Waals surface area contributed by atoms with Crippen LogP contribution in [0.25, 0.3) is 10.9 Å². The highest BCUT2D eigenvalue weighted by Crippen LogP contribution is 2.28. The Bertz CT molecular complexity index is 1050. The molecule has 1 saturated carbocycles. The van der Waals surface area contributed by atoms with Crippen molar-refractivity contribution in [3.63, 3.8) is 0 Å². The summed E-state index contributed by atoms with van der Waals surface area (Å²) in [6.45, 7) is 6.84. The molecule has 0 radical (unpaired) electrons. The van der Waals surface area contributed by atoms with E-state index in [1.165, 1.54) is 0 Å². The number of nitrogens with zero attached hydrogens (tertiary/aromatic N) is 3. The molecule has 1 aromatic heterocycles. The summed E-state index contributed by atoms with van der Waals surface area (Å²) in [5.74, 6) is 2.06. The van der Waals surface area contributed by atoms with E-state index in [-0.39, 0.29) is 0 Å². The van der Waals surface area contributed by atoms with Crippen molar-refractivity contribution in [3.05, 3.63) is 52.5 Å². The molecule has 0 amide bonds. The molecule has 32 heavy (non-hydrogen) atoms. The molecule has 3 aromatic rings. The fraction of sp³-hybridized carbons (Fsp3) is 0.440. The van der Waals surface area contributed by atoms with E-state index >= 15 is 0 Å². The quantitative estimate of drug-likeness (QED) is 0.383. The Morgan fingerprint density at radius 1 is 1.00 bits per heavy atom. The van der Waals surface area contributed by atoms with Crippen LogP contribution in [0.1, 0.15) is 45.1 Å². The maximum atomic E-state index is 10.1. The molecular formula is C25H32BrN5O. The van der Waals surface area contributed by atoms with Crippen molar-refractivity contribution < 1.29 is 5.11 Å². The van der Waals surface area contributed by atoms with Gasteiger partial charge in [-0.3, -0.25) is 0 Å². The predicted octanol–water partition coefficient (Wildman–Crippen LogP) is 5.46. The Labute approximate surface area is 198 Å². The van der Waals surface area contributed by atoms with E-state index in [1.54, 1.807) is 6.07 Å². The summed E-state index contributed by atoms with van der Waals surface area (Å²) >= 11 is 3.39. The highest BCUT2D eigenvalue weighted by Gasteiger charge is 2.22. The van der Waals surface area contributed by atoms with Crippen LogP contribution in [-0.4, -0.2) is 40.2 Å². The second kappa shape index (κ2) is 10.5. The number of fused-ring (bicyclic) bond motifs is 1. The lowest BCUT2D eigenvalue weighted by molar-refractivity contribution is 0.350. The Kier molecular flexibility index (Phi) is 7.48. The molecule has 0 aliphatic heterocycles. The van der Waals surface area contributed by atoms with E-state index in [0.29, 0.717) is 24.4 Å². The first-order chi connectivity index (χ1) is 15.6. The Balaban J connectivity index is 1.37. The third kappa shape index (κ3) is 5.33. The summed E-state index contributed by atoms with van der Waals surface area (Å²) < 4.78 is 0.894. The molecule has 0 bridgehead atoms. The molecular weight excluding hydrogens is 466 g/mol. The monoisotopic (exact) mass is 497 g/mol. The number of anilines is 2. The lowest BCUT2D eigenvalue weighted by atomic mass is 9.91. The number of aromatic nitrogens is 2. The smallest absolute Gasteiger partial charge is 0.225 e. The maximum absolute atomic E-state index is 10.1. The van der Waals surface area contributed by atoms with Crippen LogP contribution < -0.4 is 15.5 Å². The maximum Gasteiger partial charge on any atom is 0.225 e. The van der Waals surface area contributed by atoms with Crippen LogP contribution >= 0.6 is 15.9 Å². The Morgan fingerprint density at radius 3 is 2.44 bits per heavy atom. The zero-order valence-corrected chi connectivity index (χ0v) is 20.4. The average molecular weight is 498 g/mol. The zero-order chi connectivity index (χ0) is 22.5. The molecule has 6 nitrogen and oxygen atoms in total. The van der Waals surface area contributed by atoms with Gasteiger partial charge in [-0.15, -0.1) is 0 Å². The van der Waals surface area contributed by atoms with Gasteiger partial charge < -0.3 is 20.6 Å². The van der Waals surface area contributed by atoms with Gasteiger partial charge >= 0.3 is 0 Å². The summed E-state index contributed by atoms with van der Waals surface area (Å²) in [6.07, 6.45) is 4.32. The highest BCUT2D eigenvalue weighted by molar-refractivity contribution is 9.10. The van der Waals surface area contributed by atoms with Crippen molar-refractivity contribution >= 4 is 38.6 Å². The van der Waals surface area contributed by atoms with Gasteiger partial charge in [0.05, 0.1) is 5.52 Å². The molecule has 2 aromatic carbocycles. The number of aromatic hydroxyl groups is 1. The second-order valence-corrected chi connectivity index (χ2v) is 9.32. The summed E-state index contributed by atoms with van der Waals surface area (Å²) in [5.41, 5.74) is 1.92. The van der Waals surface area contributed by atoms with E-state index in [0.717, 1.165) is 71.5 Å². The van der Waals surface area contributed by atoms with Gasteiger partial charge in [-0.1, -0.05) is 34.1 Å². The van der Waals surface area contributed by atoms with Gasteiger partial charge in [-0.25, -0.2) is 4.98 Å². The highest BCUT2D eigenvalue weighted by atomic mass is 79.9. The van der Waals surface area contributed by atoms with Gasteiger partial charge in [-0.05, 0) is 63.8 Å². The number of hydrogen-bond acceptors (Lipinski definition) is 6. The van der Waals surface area contributed by atoms with Gasteiger partial charge in [-0.2, -0.15) is 4.98 Å². The van der Waals surface area contributed by atoms with E-state index in [4.69, 9.17) is 9.97 Å². The van der Waals surface area contributed by atoms with Crippen molar-refractivity contribution in [2.24, 2.45) is 0 Å². The SMILES string of the molecule is CCN(CC)c1nc(N[C@H]2CC[C@@H](NCc3ccc(Br)cc3O)CC2)nc2ccccc12. The van der Waals surface area contributed by atoms with Crippen LogP contribution in [0, 0.1) is 0 Å². The van der Waals surface area contributed by atoms with Gasteiger partial charge in [0.1, 0.15) is 11.6 Å². The first-order valence-corrected chi connectivity index (χ1v) is 12.4. The number of benzene rings is 2. The fourth-order valence-corrected chi connectivity index (χ4v) is 4.80. The van der Waals surface area contributed by atoms with Crippen LogP contribution in [0.5, 0.6) is 5.75 Å². The van der Waals surface area contributed by atoms with Crippen LogP contribution in [-0.2, 0) is 6.54 Å². The Morgan fingerprint density at radius 2 is 1.72 bits per heavy atom. The standard InChI is InChI=1S/C25H32BrN5O/c1-3-31(4-2)24-21-7-5-6-8-22(21)29-25(30-24)28-20-13-11-19(12-14-20)27-16-17-9-10-18(26)15-23(17)32/h5-10,15,19-20,27,32H,3-4,11-14,16H2,1-2H3,(H,28,29,30)/t19-,20+. The van der Waals surface area contributed by atoms with E-state index in [2.05, 4.69) is 57.4 Å². The number of phenols is 1. The van der Waals surface area contributed by atoms with E-state index < -0.39 is 0 Å². The van der Waals surface area contributed by atoms with Crippen molar-refractivity contribution in [2.75, 3.05) is 23.3 Å². The summed E-state index contributed by atoms with van der Waals surface area (Å²) in [4.78, 5) is 12.0. The van der Waals surface area contributed by atoms with Gasteiger partial charge in [0.25, 0.3) is 0 Å². The number of nitrogens with one attached hydrogen (secondary N) is 2. The first-order valence-electron chi connectivity index (χ1n) is 11.6. The number of halogens is 1. The lowest BCUT2D eigenvalue weighted by Crippen LogP contribution is -2.37. The van der Waals surface area contributed by atoms with Crippen LogP contribution in [0.15, 0.2) is 46.9 Å². The fourth-order valence-electron chi connectivity index (χ4n) is 4.45. The van der Waals surface area contributed by atoms with Crippen LogP contribution in [0.2, 0.25) is 0 Å². The van der Waals surface area contributed by atoms with Gasteiger partial charge in [0, 0.05) is 47.1 Å². The van der Waals surface area contributed by atoms with Gasteiger partial charge in [0.15, 0.2) is 0 Å². The van der Waals surface area contributed by atoms with Crippen molar-refractivity contribution in [2.45, 2.75) is 58.2 Å². The molecule has 0 saturated heterocycles.